The summed E-state index contributed by atoms with van der Waals surface area (Å²) in [7, 11) is 1.11. The molecule has 0 aliphatic carbocycles. The van der Waals surface area contributed by atoms with Crippen molar-refractivity contribution in [3.05, 3.63) is 12.2 Å². The van der Waals surface area contributed by atoms with Gasteiger partial charge < -0.3 is 14.2 Å². The third-order valence-corrected chi connectivity index (χ3v) is 2.60. The number of methoxy groups -OCH3 is 1. The molecule has 128 valence electrons. The van der Waals surface area contributed by atoms with Crippen LogP contribution in [0.2, 0.25) is 0 Å². The van der Waals surface area contributed by atoms with Crippen molar-refractivity contribution < 1.29 is 38.2 Å². The van der Waals surface area contributed by atoms with Gasteiger partial charge in [-0.2, -0.15) is 0 Å². The molecule has 0 spiro atoms. The number of carbonyl (C=O) groups is 5. The summed E-state index contributed by atoms with van der Waals surface area (Å²) in [6.45, 7) is 6.51. The highest BCUT2D eigenvalue weighted by molar-refractivity contribution is 6.12. The molecule has 1 atom stereocenters. The molecule has 0 radical (unpaired) electrons. The maximum absolute atomic E-state index is 12.4. The lowest BCUT2D eigenvalue weighted by molar-refractivity contribution is -0.186. The van der Waals surface area contributed by atoms with Crippen LogP contribution in [0.15, 0.2) is 12.2 Å². The van der Waals surface area contributed by atoms with Gasteiger partial charge in [0.25, 0.3) is 5.60 Å². The van der Waals surface area contributed by atoms with Gasteiger partial charge in [0.2, 0.25) is 0 Å². The Kier molecular flexibility index (Phi) is 6.83. The summed E-state index contributed by atoms with van der Waals surface area (Å²) in [5, 5.41) is 0. The fraction of sp³-hybridized carbons (Fsp3) is 0.533. The summed E-state index contributed by atoms with van der Waals surface area (Å²) >= 11 is 0. The highest BCUT2D eigenvalue weighted by atomic mass is 16.6. The number of rotatable bonds is 5. The monoisotopic (exact) mass is 328 g/mol. The van der Waals surface area contributed by atoms with Crippen LogP contribution in [0.5, 0.6) is 0 Å². The normalized spacial score (nSPS) is 13.8. The fourth-order valence-corrected chi connectivity index (χ4v) is 1.56. The van der Waals surface area contributed by atoms with Crippen molar-refractivity contribution >= 4 is 29.7 Å². The molecule has 23 heavy (non-hydrogen) atoms. The predicted octanol–water partition coefficient (Wildman–Crippen LogP) is 0.722. The Morgan fingerprint density at radius 3 is 1.74 bits per heavy atom. The summed E-state index contributed by atoms with van der Waals surface area (Å²) < 4.78 is 13.6. The predicted molar refractivity (Wildman–Crippen MR) is 76.9 cm³/mol. The maximum Gasteiger partial charge on any atom is 0.365 e. The summed E-state index contributed by atoms with van der Waals surface area (Å²) in [5.41, 5.74) is -3.39. The van der Waals surface area contributed by atoms with Crippen LogP contribution >= 0.6 is 0 Å². The number of esters is 4. The zero-order valence-electron chi connectivity index (χ0n) is 13.9. The first-order valence-electron chi connectivity index (χ1n) is 6.61. The van der Waals surface area contributed by atoms with E-state index in [0.29, 0.717) is 6.08 Å². The molecular formula is C15H20O8. The van der Waals surface area contributed by atoms with Crippen LogP contribution in [0.25, 0.3) is 0 Å². The Morgan fingerprint density at radius 1 is 0.870 bits per heavy atom. The van der Waals surface area contributed by atoms with Crippen LogP contribution in [0, 0.1) is 5.41 Å². The van der Waals surface area contributed by atoms with Crippen LogP contribution in [0.1, 0.15) is 34.6 Å². The summed E-state index contributed by atoms with van der Waals surface area (Å²) in [5.74, 6) is -5.00. The number of hydrogen-bond acceptors (Lipinski definition) is 8. The minimum absolute atomic E-state index is 0.696. The Labute approximate surface area is 133 Å². The highest BCUT2D eigenvalue weighted by Crippen LogP contribution is 2.27. The number of Topliss-reactive ketones (excluding diaryl/α,β-unsaturated/α-hetero) is 1. The van der Waals surface area contributed by atoms with Gasteiger partial charge in [-0.1, -0.05) is 20.8 Å². The molecule has 0 bridgehead atoms. The number of ketones is 1. The quantitative estimate of drug-likeness (QED) is 0.314. The molecule has 8 heteroatoms. The van der Waals surface area contributed by atoms with E-state index in [0.717, 1.165) is 27.0 Å². The molecule has 0 amide bonds. The first-order chi connectivity index (χ1) is 10.3. The van der Waals surface area contributed by atoms with E-state index in [9.17, 15) is 24.0 Å². The van der Waals surface area contributed by atoms with Crippen molar-refractivity contribution in [1.82, 2.24) is 0 Å². The first-order valence-corrected chi connectivity index (χ1v) is 6.61. The molecule has 0 aromatic rings. The minimum atomic E-state index is -2.33. The molecule has 0 N–H and O–H groups in total. The third kappa shape index (κ3) is 6.01. The van der Waals surface area contributed by atoms with Gasteiger partial charge >= 0.3 is 23.9 Å². The number of carbonyl (C=O) groups excluding carboxylic acids is 5. The second-order valence-electron chi connectivity index (χ2n) is 5.77. The Balaban J connectivity index is 5.53. The zero-order chi connectivity index (χ0) is 18.4. The minimum Gasteiger partial charge on any atom is -0.466 e. The summed E-state index contributed by atoms with van der Waals surface area (Å²) in [6.07, 6.45) is 1.46. The molecular weight excluding hydrogens is 308 g/mol. The van der Waals surface area contributed by atoms with E-state index >= 15 is 0 Å². The maximum atomic E-state index is 12.4. The Morgan fingerprint density at radius 2 is 1.35 bits per heavy atom. The van der Waals surface area contributed by atoms with Gasteiger partial charge in [-0.15, -0.1) is 0 Å². The molecule has 0 aliphatic heterocycles. The Hall–Kier alpha value is -2.51. The average molecular weight is 328 g/mol. The second-order valence-corrected chi connectivity index (χ2v) is 5.77. The van der Waals surface area contributed by atoms with E-state index in [1.54, 1.807) is 0 Å². The van der Waals surface area contributed by atoms with Gasteiger partial charge in [-0.3, -0.25) is 9.59 Å². The lowest BCUT2D eigenvalue weighted by Gasteiger charge is -2.30. The van der Waals surface area contributed by atoms with Gasteiger partial charge in [0.1, 0.15) is 0 Å². The SMILES string of the molecule is COC(=O)C=CC(=O)OC(C)(C(=O)OC(C)=O)C(=O)C(C)(C)C. The smallest absolute Gasteiger partial charge is 0.365 e. The third-order valence-electron chi connectivity index (χ3n) is 2.60. The molecule has 0 rings (SSSR count). The van der Waals surface area contributed by atoms with E-state index in [1.165, 1.54) is 20.8 Å². The lowest BCUT2D eigenvalue weighted by atomic mass is 9.81. The second kappa shape index (κ2) is 7.66. The first kappa shape index (κ1) is 20.5. The molecule has 0 saturated carbocycles. The van der Waals surface area contributed by atoms with Crippen LogP contribution in [-0.4, -0.2) is 42.4 Å². The van der Waals surface area contributed by atoms with E-state index in [2.05, 4.69) is 9.47 Å². The molecule has 0 aromatic carbocycles. The van der Waals surface area contributed by atoms with E-state index < -0.39 is 40.7 Å². The molecule has 0 saturated heterocycles. The molecule has 0 aliphatic rings. The van der Waals surface area contributed by atoms with Gasteiger partial charge in [0.15, 0.2) is 5.78 Å². The molecule has 1 unspecified atom stereocenters. The Bertz CT molecular complexity index is 552. The average Bonchev–Trinajstić information content (AvgIpc) is 2.41. The molecule has 0 aromatic heterocycles. The number of hydrogen-bond donors (Lipinski definition) is 0. The van der Waals surface area contributed by atoms with Crippen molar-refractivity contribution in [1.29, 1.82) is 0 Å². The fourth-order valence-electron chi connectivity index (χ4n) is 1.56. The van der Waals surface area contributed by atoms with Gasteiger partial charge in [0, 0.05) is 24.5 Å². The van der Waals surface area contributed by atoms with Crippen molar-refractivity contribution in [2.45, 2.75) is 40.2 Å². The largest absolute Gasteiger partial charge is 0.466 e. The van der Waals surface area contributed by atoms with Crippen molar-refractivity contribution in [2.24, 2.45) is 5.41 Å². The van der Waals surface area contributed by atoms with Crippen LogP contribution in [-0.2, 0) is 38.2 Å². The zero-order valence-corrected chi connectivity index (χ0v) is 13.9. The summed E-state index contributed by atoms with van der Waals surface area (Å²) in [6, 6.07) is 0. The number of ether oxygens (including phenoxy) is 3. The van der Waals surface area contributed by atoms with Gasteiger partial charge in [-0.05, 0) is 6.92 Å². The van der Waals surface area contributed by atoms with E-state index in [4.69, 9.17) is 4.74 Å². The molecule has 8 nitrogen and oxygen atoms in total. The van der Waals surface area contributed by atoms with Crippen molar-refractivity contribution in [3.8, 4) is 0 Å². The molecule has 0 fully saturated rings. The summed E-state index contributed by atoms with van der Waals surface area (Å²) in [4.78, 5) is 58.1. The van der Waals surface area contributed by atoms with E-state index in [1.807, 2.05) is 0 Å². The van der Waals surface area contributed by atoms with Crippen molar-refractivity contribution in [2.75, 3.05) is 7.11 Å². The van der Waals surface area contributed by atoms with Crippen LogP contribution < -0.4 is 0 Å². The van der Waals surface area contributed by atoms with Crippen molar-refractivity contribution in [3.63, 3.8) is 0 Å². The van der Waals surface area contributed by atoms with Crippen LogP contribution in [0.4, 0.5) is 0 Å². The van der Waals surface area contributed by atoms with Crippen LogP contribution in [0.3, 0.4) is 0 Å². The van der Waals surface area contributed by atoms with Gasteiger partial charge in [-0.25, -0.2) is 14.4 Å². The lowest BCUT2D eigenvalue weighted by Crippen LogP contribution is -2.53. The highest BCUT2D eigenvalue weighted by Gasteiger charge is 2.51. The van der Waals surface area contributed by atoms with Gasteiger partial charge in [0.05, 0.1) is 7.11 Å². The standard InChI is InChI=1S/C15H20O8/c1-9(16)22-13(20)15(5,12(19)14(2,3)4)23-11(18)8-7-10(17)21-6/h7-8H,1-6H3. The van der Waals surface area contributed by atoms with E-state index in [-0.39, 0.29) is 0 Å². The molecule has 0 heterocycles. The topological polar surface area (TPSA) is 113 Å².